The van der Waals surface area contributed by atoms with Crippen LogP contribution in [-0.2, 0) is 4.79 Å². The summed E-state index contributed by atoms with van der Waals surface area (Å²) in [5, 5.41) is -0.440. The van der Waals surface area contributed by atoms with E-state index in [1.807, 2.05) is 13.8 Å². The highest BCUT2D eigenvalue weighted by atomic mass is 35.5. The van der Waals surface area contributed by atoms with Crippen molar-refractivity contribution in [1.82, 2.24) is 4.90 Å². The molecule has 1 atom stereocenters. The molecule has 12 heavy (non-hydrogen) atoms. The molecular formula is C9H16ClNO. The molecule has 70 valence electrons. The molecule has 0 radical (unpaired) electrons. The van der Waals surface area contributed by atoms with Gasteiger partial charge in [0.1, 0.15) is 5.38 Å². The summed E-state index contributed by atoms with van der Waals surface area (Å²) >= 11 is 5.66. The fourth-order valence-electron chi connectivity index (χ4n) is 0.923. The maximum absolute atomic E-state index is 11.4. The fourth-order valence-corrected chi connectivity index (χ4v) is 1.06. The summed E-state index contributed by atoms with van der Waals surface area (Å²) in [7, 11) is 0. The van der Waals surface area contributed by atoms with E-state index in [-0.39, 0.29) is 5.91 Å². The van der Waals surface area contributed by atoms with Crippen LogP contribution in [0.15, 0.2) is 12.2 Å². The van der Waals surface area contributed by atoms with Gasteiger partial charge in [-0.15, -0.1) is 11.6 Å². The fraction of sp³-hybridized carbons (Fsp3) is 0.667. The lowest BCUT2D eigenvalue weighted by atomic mass is 10.3. The van der Waals surface area contributed by atoms with E-state index >= 15 is 0 Å². The zero-order valence-electron chi connectivity index (χ0n) is 7.93. The number of alkyl halides is 1. The molecule has 0 saturated carbocycles. The lowest BCUT2D eigenvalue weighted by Gasteiger charge is -2.21. The van der Waals surface area contributed by atoms with Crippen LogP contribution in [0.3, 0.4) is 0 Å². The Morgan fingerprint density at radius 2 is 2.17 bits per heavy atom. The Hall–Kier alpha value is -0.500. The maximum Gasteiger partial charge on any atom is 0.240 e. The Balaban J connectivity index is 4.15. The summed E-state index contributed by atoms with van der Waals surface area (Å²) < 4.78 is 0. The second-order valence-electron chi connectivity index (χ2n) is 2.93. The van der Waals surface area contributed by atoms with Gasteiger partial charge in [-0.25, -0.2) is 0 Å². The van der Waals surface area contributed by atoms with Gasteiger partial charge >= 0.3 is 0 Å². The Morgan fingerprint density at radius 3 is 2.42 bits per heavy atom. The molecule has 0 unspecified atom stereocenters. The van der Waals surface area contributed by atoms with E-state index in [0.717, 1.165) is 5.57 Å². The van der Waals surface area contributed by atoms with Gasteiger partial charge in [0.25, 0.3) is 0 Å². The molecule has 0 spiro atoms. The summed E-state index contributed by atoms with van der Waals surface area (Å²) in [6.07, 6.45) is 0. The van der Waals surface area contributed by atoms with Gasteiger partial charge in [0.05, 0.1) is 0 Å². The molecule has 0 fully saturated rings. The number of rotatable bonds is 4. The van der Waals surface area contributed by atoms with Crippen LogP contribution in [0.5, 0.6) is 0 Å². The van der Waals surface area contributed by atoms with E-state index in [9.17, 15) is 4.79 Å². The summed E-state index contributed by atoms with van der Waals surface area (Å²) in [6.45, 7) is 10.5. The van der Waals surface area contributed by atoms with Crippen molar-refractivity contribution in [2.75, 3.05) is 13.1 Å². The average Bonchev–Trinajstić information content (AvgIpc) is 1.98. The molecule has 0 aliphatic rings. The molecule has 0 N–H and O–H groups in total. The van der Waals surface area contributed by atoms with Crippen LogP contribution < -0.4 is 0 Å². The Kier molecular flexibility index (Phi) is 4.98. The normalized spacial score (nSPS) is 12.3. The monoisotopic (exact) mass is 189 g/mol. The number of hydrogen-bond acceptors (Lipinski definition) is 1. The van der Waals surface area contributed by atoms with E-state index in [1.165, 1.54) is 0 Å². The third-order valence-electron chi connectivity index (χ3n) is 1.49. The highest BCUT2D eigenvalue weighted by Crippen LogP contribution is 2.03. The Morgan fingerprint density at radius 1 is 1.67 bits per heavy atom. The summed E-state index contributed by atoms with van der Waals surface area (Å²) in [4.78, 5) is 13.1. The third kappa shape index (κ3) is 3.77. The number of likely N-dealkylation sites (N-methyl/N-ethyl adjacent to an activating group) is 1. The number of nitrogens with zero attached hydrogens (tertiary/aromatic N) is 1. The first-order valence-electron chi connectivity index (χ1n) is 4.06. The minimum absolute atomic E-state index is 0.0258. The van der Waals surface area contributed by atoms with Gasteiger partial charge in [-0.2, -0.15) is 0 Å². The zero-order valence-corrected chi connectivity index (χ0v) is 8.69. The zero-order chi connectivity index (χ0) is 9.72. The molecule has 3 heteroatoms. The number of halogens is 1. The summed E-state index contributed by atoms with van der Waals surface area (Å²) in [5.41, 5.74) is 0.975. The maximum atomic E-state index is 11.4. The van der Waals surface area contributed by atoms with Crippen molar-refractivity contribution < 1.29 is 4.79 Å². The van der Waals surface area contributed by atoms with E-state index in [2.05, 4.69) is 6.58 Å². The minimum atomic E-state index is -0.440. The molecule has 0 rings (SSSR count). The predicted molar refractivity (Wildman–Crippen MR) is 52.4 cm³/mol. The second kappa shape index (κ2) is 5.20. The van der Waals surface area contributed by atoms with E-state index in [4.69, 9.17) is 11.6 Å². The van der Waals surface area contributed by atoms with Crippen molar-refractivity contribution in [3.8, 4) is 0 Å². The highest BCUT2D eigenvalue weighted by molar-refractivity contribution is 6.30. The van der Waals surface area contributed by atoms with E-state index in [0.29, 0.717) is 13.1 Å². The Bertz CT molecular complexity index is 177. The van der Waals surface area contributed by atoms with Crippen LogP contribution in [-0.4, -0.2) is 29.3 Å². The van der Waals surface area contributed by atoms with Gasteiger partial charge < -0.3 is 4.90 Å². The second-order valence-corrected chi connectivity index (χ2v) is 3.58. The number of amides is 1. The van der Waals surface area contributed by atoms with Crippen molar-refractivity contribution in [2.45, 2.75) is 26.1 Å². The topological polar surface area (TPSA) is 20.3 Å². The standard InChI is InChI=1S/C9H16ClNO/c1-5-11(6-7(2)3)9(12)8(4)10/h8H,2,5-6H2,1,3-4H3/t8-/m0/s1. The largest absolute Gasteiger partial charge is 0.338 e. The van der Waals surface area contributed by atoms with Gasteiger partial charge in [0.2, 0.25) is 5.91 Å². The molecule has 0 aliphatic carbocycles. The van der Waals surface area contributed by atoms with Crippen LogP contribution in [0.1, 0.15) is 20.8 Å². The van der Waals surface area contributed by atoms with Crippen LogP contribution in [0.2, 0.25) is 0 Å². The Labute approximate surface area is 79.2 Å². The first-order chi connectivity index (χ1) is 5.49. The molecule has 0 aromatic heterocycles. The van der Waals surface area contributed by atoms with Crippen LogP contribution in [0.4, 0.5) is 0 Å². The molecule has 0 aliphatic heterocycles. The van der Waals surface area contributed by atoms with Crippen molar-refractivity contribution in [2.24, 2.45) is 0 Å². The molecule has 0 bridgehead atoms. The molecule has 0 saturated heterocycles. The molecule has 0 aromatic rings. The minimum Gasteiger partial charge on any atom is -0.338 e. The SMILES string of the molecule is C=C(C)CN(CC)C(=O)[C@H](C)Cl. The molecule has 2 nitrogen and oxygen atoms in total. The van der Waals surface area contributed by atoms with Crippen molar-refractivity contribution in [1.29, 1.82) is 0 Å². The number of carbonyl (C=O) groups is 1. The van der Waals surface area contributed by atoms with Crippen molar-refractivity contribution in [3.05, 3.63) is 12.2 Å². The van der Waals surface area contributed by atoms with Crippen LogP contribution in [0.25, 0.3) is 0 Å². The van der Waals surface area contributed by atoms with Gasteiger partial charge in [-0.1, -0.05) is 12.2 Å². The summed E-state index contributed by atoms with van der Waals surface area (Å²) in [5.74, 6) is -0.0258. The van der Waals surface area contributed by atoms with E-state index < -0.39 is 5.38 Å². The third-order valence-corrected chi connectivity index (χ3v) is 1.68. The first kappa shape index (κ1) is 11.5. The lowest BCUT2D eigenvalue weighted by Crippen LogP contribution is -2.36. The van der Waals surface area contributed by atoms with Crippen LogP contribution in [0, 0.1) is 0 Å². The molecule has 1 amide bonds. The smallest absolute Gasteiger partial charge is 0.240 e. The molecular weight excluding hydrogens is 174 g/mol. The average molecular weight is 190 g/mol. The van der Waals surface area contributed by atoms with Crippen molar-refractivity contribution in [3.63, 3.8) is 0 Å². The van der Waals surface area contributed by atoms with Gasteiger partial charge in [0, 0.05) is 13.1 Å². The quantitative estimate of drug-likeness (QED) is 0.490. The van der Waals surface area contributed by atoms with Gasteiger partial charge in [-0.05, 0) is 20.8 Å². The summed E-state index contributed by atoms with van der Waals surface area (Å²) in [6, 6.07) is 0. The van der Waals surface area contributed by atoms with Gasteiger partial charge in [0.15, 0.2) is 0 Å². The number of hydrogen-bond donors (Lipinski definition) is 0. The predicted octanol–water partition coefficient (Wildman–Crippen LogP) is 2.04. The van der Waals surface area contributed by atoms with Crippen molar-refractivity contribution >= 4 is 17.5 Å². The molecule has 0 aromatic carbocycles. The number of carbonyl (C=O) groups excluding carboxylic acids is 1. The highest BCUT2D eigenvalue weighted by Gasteiger charge is 2.16. The van der Waals surface area contributed by atoms with E-state index in [1.54, 1.807) is 11.8 Å². The molecule has 0 heterocycles. The van der Waals surface area contributed by atoms with Gasteiger partial charge in [-0.3, -0.25) is 4.79 Å². The first-order valence-corrected chi connectivity index (χ1v) is 4.50. The lowest BCUT2D eigenvalue weighted by molar-refractivity contribution is -0.129. The van der Waals surface area contributed by atoms with Crippen LogP contribution >= 0.6 is 11.6 Å².